The lowest BCUT2D eigenvalue weighted by molar-refractivity contribution is 0.219. The summed E-state index contributed by atoms with van der Waals surface area (Å²) in [5.41, 5.74) is 2.13. The molecule has 2 aromatic rings. The van der Waals surface area contributed by atoms with Crippen LogP contribution in [0.3, 0.4) is 0 Å². The minimum absolute atomic E-state index is 0.0353. The Morgan fingerprint density at radius 2 is 1.96 bits per heavy atom. The lowest BCUT2D eigenvalue weighted by Crippen LogP contribution is -2.42. The first-order valence-corrected chi connectivity index (χ1v) is 9.07. The third-order valence-corrected chi connectivity index (χ3v) is 4.71. The summed E-state index contributed by atoms with van der Waals surface area (Å²) in [6, 6.07) is 7.99. The Morgan fingerprint density at radius 3 is 2.64 bits per heavy atom. The second-order valence-electron chi connectivity index (χ2n) is 6.59. The first-order chi connectivity index (χ1) is 12.2. The molecule has 3 rings (SSSR count). The van der Waals surface area contributed by atoms with Crippen LogP contribution in [0.4, 0.5) is 4.79 Å². The largest absolute Gasteiger partial charge is 0.337 e. The summed E-state index contributed by atoms with van der Waals surface area (Å²) in [5, 5.41) is 5.96. The molecular weight excluding hydrogens is 314 g/mol. The van der Waals surface area contributed by atoms with Crippen molar-refractivity contribution in [2.24, 2.45) is 0 Å². The lowest BCUT2D eigenvalue weighted by atomic mass is 10.1. The van der Waals surface area contributed by atoms with Crippen molar-refractivity contribution in [3.05, 3.63) is 48.5 Å². The average molecular weight is 341 g/mol. The second kappa shape index (κ2) is 8.67. The molecule has 0 aliphatic carbocycles. The molecule has 1 aliphatic heterocycles. The Hall–Kier alpha value is -2.34. The molecule has 1 aromatic heterocycles. The summed E-state index contributed by atoms with van der Waals surface area (Å²) < 4.78 is 1.95. The molecule has 2 amide bonds. The van der Waals surface area contributed by atoms with Crippen LogP contribution < -0.4 is 10.6 Å². The minimum atomic E-state index is -0.108. The molecule has 0 radical (unpaired) electrons. The predicted octanol–water partition coefficient (Wildman–Crippen LogP) is 2.72. The van der Waals surface area contributed by atoms with Crippen molar-refractivity contribution in [1.82, 2.24) is 25.1 Å². The van der Waals surface area contributed by atoms with Gasteiger partial charge in [0.15, 0.2) is 0 Å². The van der Waals surface area contributed by atoms with Crippen molar-refractivity contribution in [2.45, 2.75) is 32.2 Å². The fourth-order valence-corrected chi connectivity index (χ4v) is 3.19. The summed E-state index contributed by atoms with van der Waals surface area (Å²) in [6.07, 6.45) is 9.32. The van der Waals surface area contributed by atoms with Gasteiger partial charge in [0.05, 0.1) is 12.4 Å². The summed E-state index contributed by atoms with van der Waals surface area (Å²) in [6.45, 7) is 5.93. The zero-order valence-corrected chi connectivity index (χ0v) is 14.8. The van der Waals surface area contributed by atoms with Crippen LogP contribution in [-0.4, -0.2) is 46.7 Å². The molecule has 1 fully saturated rings. The van der Waals surface area contributed by atoms with Gasteiger partial charge >= 0.3 is 6.03 Å². The van der Waals surface area contributed by atoms with E-state index in [0.717, 1.165) is 30.9 Å². The fourth-order valence-electron chi connectivity index (χ4n) is 3.19. The molecule has 1 atom stereocenters. The van der Waals surface area contributed by atoms with Crippen molar-refractivity contribution < 1.29 is 4.79 Å². The second-order valence-corrected chi connectivity index (χ2v) is 6.59. The first-order valence-electron chi connectivity index (χ1n) is 9.07. The van der Waals surface area contributed by atoms with Gasteiger partial charge < -0.3 is 20.1 Å². The van der Waals surface area contributed by atoms with Gasteiger partial charge in [-0.05, 0) is 50.6 Å². The highest BCUT2D eigenvalue weighted by Gasteiger charge is 2.12. The number of carbonyl (C=O) groups excluding carboxylic acids is 1. The minimum Gasteiger partial charge on any atom is -0.337 e. The van der Waals surface area contributed by atoms with E-state index < -0.39 is 0 Å². The van der Waals surface area contributed by atoms with E-state index in [2.05, 4.69) is 20.5 Å². The molecule has 0 saturated carbocycles. The smallest absolute Gasteiger partial charge is 0.315 e. The number of hydrogen-bond donors (Lipinski definition) is 2. The Balaban J connectivity index is 1.43. The van der Waals surface area contributed by atoms with Crippen molar-refractivity contribution in [2.75, 3.05) is 26.2 Å². The zero-order chi connectivity index (χ0) is 17.5. The Morgan fingerprint density at radius 1 is 1.20 bits per heavy atom. The van der Waals surface area contributed by atoms with Gasteiger partial charge in [-0.25, -0.2) is 9.78 Å². The topological polar surface area (TPSA) is 62.2 Å². The van der Waals surface area contributed by atoms with Gasteiger partial charge in [-0.15, -0.1) is 0 Å². The Bertz CT molecular complexity index is 647. The summed E-state index contributed by atoms with van der Waals surface area (Å²) in [4.78, 5) is 18.5. The number of nitrogens with one attached hydrogen (secondary N) is 2. The maximum atomic E-state index is 12.1. The molecule has 1 unspecified atom stereocenters. The van der Waals surface area contributed by atoms with Gasteiger partial charge in [-0.2, -0.15) is 0 Å². The third kappa shape index (κ3) is 5.06. The van der Waals surface area contributed by atoms with E-state index in [1.54, 1.807) is 12.5 Å². The third-order valence-electron chi connectivity index (χ3n) is 4.71. The van der Waals surface area contributed by atoms with Crippen LogP contribution in [0.25, 0.3) is 5.69 Å². The number of likely N-dealkylation sites (tertiary alicyclic amines) is 1. The number of benzene rings is 1. The van der Waals surface area contributed by atoms with Crippen LogP contribution in [0.5, 0.6) is 0 Å². The average Bonchev–Trinajstić information content (AvgIpc) is 3.17. The molecule has 1 aliphatic rings. The van der Waals surface area contributed by atoms with Gasteiger partial charge in [-0.1, -0.05) is 18.6 Å². The molecule has 6 nitrogen and oxygen atoms in total. The summed E-state index contributed by atoms with van der Waals surface area (Å²) >= 11 is 0. The maximum Gasteiger partial charge on any atom is 0.315 e. The number of rotatable bonds is 6. The Labute approximate surface area is 149 Å². The SMILES string of the molecule is CC(NC(=O)NCCN1CCCCC1)c1ccc(-n2ccnc2)cc1. The number of nitrogens with zero attached hydrogens (tertiary/aromatic N) is 3. The number of amides is 2. The number of aromatic nitrogens is 2. The van der Waals surface area contributed by atoms with Crippen LogP contribution in [0.2, 0.25) is 0 Å². The molecule has 134 valence electrons. The van der Waals surface area contributed by atoms with E-state index in [-0.39, 0.29) is 12.1 Å². The summed E-state index contributed by atoms with van der Waals surface area (Å²) in [5.74, 6) is 0. The van der Waals surface area contributed by atoms with Gasteiger partial charge in [0.1, 0.15) is 0 Å². The fraction of sp³-hybridized carbons (Fsp3) is 0.474. The predicted molar refractivity (Wildman–Crippen MR) is 98.8 cm³/mol. The molecule has 0 spiro atoms. The number of carbonyl (C=O) groups is 1. The highest BCUT2D eigenvalue weighted by atomic mass is 16.2. The quantitative estimate of drug-likeness (QED) is 0.849. The molecule has 0 bridgehead atoms. The standard InChI is InChI=1S/C19H27N5O/c1-16(17-5-7-18(8-6-17)24-14-9-20-15-24)22-19(25)21-10-13-23-11-3-2-4-12-23/h5-9,14-16H,2-4,10-13H2,1H3,(H2,21,22,25). The van der Waals surface area contributed by atoms with Crippen LogP contribution in [-0.2, 0) is 0 Å². The lowest BCUT2D eigenvalue weighted by Gasteiger charge is -2.26. The zero-order valence-electron chi connectivity index (χ0n) is 14.8. The highest BCUT2D eigenvalue weighted by Crippen LogP contribution is 2.15. The van der Waals surface area contributed by atoms with E-state index in [9.17, 15) is 4.79 Å². The van der Waals surface area contributed by atoms with Crippen molar-refractivity contribution in [3.63, 3.8) is 0 Å². The van der Waals surface area contributed by atoms with Gasteiger partial charge in [-0.3, -0.25) is 0 Å². The molecule has 2 N–H and O–H groups in total. The molecule has 25 heavy (non-hydrogen) atoms. The number of urea groups is 1. The van der Waals surface area contributed by atoms with Crippen molar-refractivity contribution in [3.8, 4) is 5.69 Å². The van der Waals surface area contributed by atoms with Crippen LogP contribution in [0.15, 0.2) is 43.0 Å². The van der Waals surface area contributed by atoms with E-state index in [1.165, 1.54) is 19.3 Å². The van der Waals surface area contributed by atoms with Crippen LogP contribution >= 0.6 is 0 Å². The molecule has 1 aromatic carbocycles. The molecular formula is C19H27N5O. The molecule has 1 saturated heterocycles. The van der Waals surface area contributed by atoms with Gasteiger partial charge in [0.25, 0.3) is 0 Å². The van der Waals surface area contributed by atoms with E-state index >= 15 is 0 Å². The normalized spacial score (nSPS) is 16.4. The van der Waals surface area contributed by atoms with Crippen LogP contribution in [0, 0.1) is 0 Å². The molecule has 2 heterocycles. The van der Waals surface area contributed by atoms with Gasteiger partial charge in [0, 0.05) is 31.2 Å². The van der Waals surface area contributed by atoms with E-state index in [0.29, 0.717) is 6.54 Å². The van der Waals surface area contributed by atoms with Crippen molar-refractivity contribution >= 4 is 6.03 Å². The maximum absolute atomic E-state index is 12.1. The van der Waals surface area contributed by atoms with E-state index in [1.807, 2.05) is 42.0 Å². The monoisotopic (exact) mass is 341 g/mol. The van der Waals surface area contributed by atoms with Crippen molar-refractivity contribution in [1.29, 1.82) is 0 Å². The molecule has 6 heteroatoms. The number of hydrogen-bond acceptors (Lipinski definition) is 3. The number of piperidine rings is 1. The summed E-state index contributed by atoms with van der Waals surface area (Å²) in [7, 11) is 0. The van der Waals surface area contributed by atoms with Crippen LogP contribution in [0.1, 0.15) is 37.8 Å². The van der Waals surface area contributed by atoms with Gasteiger partial charge in [0.2, 0.25) is 0 Å². The first kappa shape index (κ1) is 17.5. The Kier molecular flexibility index (Phi) is 6.06. The van der Waals surface area contributed by atoms with E-state index in [4.69, 9.17) is 0 Å². The highest BCUT2D eigenvalue weighted by molar-refractivity contribution is 5.74. The number of imidazole rings is 1.